The maximum atomic E-state index is 12.0. The number of aromatic hydroxyl groups is 1. The van der Waals surface area contributed by atoms with Crippen molar-refractivity contribution in [3.05, 3.63) is 27.7 Å². The molecule has 0 saturated heterocycles. The molecule has 5 heteroatoms. The largest absolute Gasteiger partial charge is 0.506 e. The van der Waals surface area contributed by atoms with Gasteiger partial charge in [-0.1, -0.05) is 32.9 Å². The van der Waals surface area contributed by atoms with Gasteiger partial charge < -0.3 is 10.4 Å². The zero-order chi connectivity index (χ0) is 15.5. The summed E-state index contributed by atoms with van der Waals surface area (Å²) in [7, 11) is 0. The van der Waals surface area contributed by atoms with Crippen LogP contribution in [0.3, 0.4) is 0 Å². The minimum Gasteiger partial charge on any atom is -0.506 e. The average Bonchev–Trinajstić information content (AvgIpc) is 2.33. The van der Waals surface area contributed by atoms with E-state index < -0.39 is 5.41 Å². The van der Waals surface area contributed by atoms with E-state index in [1.54, 1.807) is 39.0 Å². The second-order valence-corrected chi connectivity index (χ2v) is 6.21. The van der Waals surface area contributed by atoms with Gasteiger partial charge in [0.05, 0.1) is 5.69 Å². The monoisotopic (exact) mass is 336 g/mol. The van der Waals surface area contributed by atoms with Crippen LogP contribution in [0.4, 0.5) is 5.69 Å². The standard InChI is InChI=1S/C15H17BrN2O2/c1-5-6-9-11(16)7-12(10(8-17)13(9)19)18-14(20)15(2,3)4/h5-7,19H,1-4H3,(H,18,20)/b6-5+. The predicted molar refractivity (Wildman–Crippen MR) is 83.3 cm³/mol. The third kappa shape index (κ3) is 3.40. The summed E-state index contributed by atoms with van der Waals surface area (Å²) in [5, 5.41) is 22.0. The smallest absolute Gasteiger partial charge is 0.229 e. The molecule has 1 aromatic rings. The number of hydrogen-bond donors (Lipinski definition) is 2. The van der Waals surface area contributed by atoms with Crippen LogP contribution in [-0.2, 0) is 4.79 Å². The van der Waals surface area contributed by atoms with Gasteiger partial charge in [-0.05, 0) is 28.9 Å². The number of hydrogen-bond acceptors (Lipinski definition) is 3. The van der Waals surface area contributed by atoms with Gasteiger partial charge >= 0.3 is 0 Å². The quantitative estimate of drug-likeness (QED) is 0.855. The molecule has 0 aliphatic heterocycles. The zero-order valence-electron chi connectivity index (χ0n) is 11.9. The van der Waals surface area contributed by atoms with Crippen LogP contribution >= 0.6 is 15.9 Å². The maximum Gasteiger partial charge on any atom is 0.229 e. The molecule has 0 aliphatic rings. The second-order valence-electron chi connectivity index (χ2n) is 5.36. The number of halogens is 1. The molecule has 0 spiro atoms. The van der Waals surface area contributed by atoms with Crippen LogP contribution in [0.1, 0.15) is 38.8 Å². The number of allylic oxidation sites excluding steroid dienone is 1. The first kappa shape index (κ1) is 16.3. The lowest BCUT2D eigenvalue weighted by atomic mass is 9.95. The number of rotatable bonds is 2. The molecule has 0 atom stereocenters. The third-order valence-corrected chi connectivity index (χ3v) is 3.32. The highest BCUT2D eigenvalue weighted by molar-refractivity contribution is 9.10. The molecule has 20 heavy (non-hydrogen) atoms. The van der Waals surface area contributed by atoms with Crippen LogP contribution in [-0.4, -0.2) is 11.0 Å². The van der Waals surface area contributed by atoms with Gasteiger partial charge in [-0.25, -0.2) is 0 Å². The Balaban J connectivity index is 3.37. The Labute approximate surface area is 127 Å². The first-order valence-electron chi connectivity index (χ1n) is 6.12. The van der Waals surface area contributed by atoms with Crippen molar-refractivity contribution in [2.45, 2.75) is 27.7 Å². The Morgan fingerprint density at radius 1 is 1.50 bits per heavy atom. The van der Waals surface area contributed by atoms with Crippen LogP contribution in [0.15, 0.2) is 16.6 Å². The highest BCUT2D eigenvalue weighted by Gasteiger charge is 2.24. The lowest BCUT2D eigenvalue weighted by molar-refractivity contribution is -0.123. The third-order valence-electron chi connectivity index (χ3n) is 2.66. The number of anilines is 1. The molecule has 1 amide bonds. The van der Waals surface area contributed by atoms with Crippen molar-refractivity contribution in [2.75, 3.05) is 5.32 Å². The molecule has 106 valence electrons. The van der Waals surface area contributed by atoms with E-state index in [0.717, 1.165) is 0 Å². The van der Waals surface area contributed by atoms with Gasteiger partial charge in [-0.15, -0.1) is 0 Å². The molecule has 0 bridgehead atoms. The minimum absolute atomic E-state index is 0.0545. The number of carbonyl (C=O) groups excluding carboxylic acids is 1. The van der Waals surface area contributed by atoms with Crippen molar-refractivity contribution >= 4 is 33.6 Å². The summed E-state index contributed by atoms with van der Waals surface area (Å²) < 4.78 is 0.608. The highest BCUT2D eigenvalue weighted by Crippen LogP contribution is 2.36. The van der Waals surface area contributed by atoms with E-state index in [-0.39, 0.29) is 17.2 Å². The summed E-state index contributed by atoms with van der Waals surface area (Å²) in [6.45, 7) is 7.14. The summed E-state index contributed by atoms with van der Waals surface area (Å²) in [5.41, 5.74) is 0.276. The first-order valence-corrected chi connectivity index (χ1v) is 6.91. The van der Waals surface area contributed by atoms with Gasteiger partial charge in [0.2, 0.25) is 5.91 Å². The van der Waals surface area contributed by atoms with Crippen LogP contribution in [0, 0.1) is 16.7 Å². The minimum atomic E-state index is -0.586. The van der Waals surface area contributed by atoms with Crippen LogP contribution in [0.25, 0.3) is 6.08 Å². The predicted octanol–water partition coefficient (Wildman–Crippen LogP) is 4.04. The van der Waals surface area contributed by atoms with Gasteiger partial charge in [0.25, 0.3) is 0 Å². The van der Waals surface area contributed by atoms with Crippen molar-refractivity contribution < 1.29 is 9.90 Å². The molecule has 1 aromatic carbocycles. The Morgan fingerprint density at radius 3 is 2.55 bits per heavy atom. The number of amides is 1. The summed E-state index contributed by atoms with van der Waals surface area (Å²) in [6, 6.07) is 3.55. The van der Waals surface area contributed by atoms with Crippen molar-refractivity contribution in [3.63, 3.8) is 0 Å². The molecule has 0 aromatic heterocycles. The highest BCUT2D eigenvalue weighted by atomic mass is 79.9. The molecule has 0 heterocycles. The molecule has 1 rings (SSSR count). The number of nitrogens with zero attached hydrogens (tertiary/aromatic N) is 1. The molecule has 0 unspecified atom stereocenters. The topological polar surface area (TPSA) is 73.1 Å². The van der Waals surface area contributed by atoms with Crippen molar-refractivity contribution in [1.29, 1.82) is 5.26 Å². The summed E-state index contributed by atoms with van der Waals surface area (Å²) >= 11 is 3.33. The van der Waals surface area contributed by atoms with Crippen LogP contribution in [0.2, 0.25) is 0 Å². The number of phenolic OH excluding ortho intramolecular Hbond substituents is 1. The van der Waals surface area contributed by atoms with E-state index in [0.29, 0.717) is 15.7 Å². The fourth-order valence-electron chi connectivity index (χ4n) is 1.50. The van der Waals surface area contributed by atoms with Crippen LogP contribution in [0.5, 0.6) is 5.75 Å². The first-order chi connectivity index (χ1) is 9.22. The lowest BCUT2D eigenvalue weighted by Gasteiger charge is -2.19. The average molecular weight is 337 g/mol. The molecule has 2 N–H and O–H groups in total. The van der Waals surface area contributed by atoms with Crippen molar-refractivity contribution in [3.8, 4) is 11.8 Å². The molecular weight excluding hydrogens is 320 g/mol. The maximum absolute atomic E-state index is 12.0. The van der Waals surface area contributed by atoms with E-state index in [1.807, 2.05) is 13.0 Å². The number of nitrogens with one attached hydrogen (secondary N) is 1. The molecule has 4 nitrogen and oxygen atoms in total. The van der Waals surface area contributed by atoms with Gasteiger partial charge in [0, 0.05) is 15.5 Å². The van der Waals surface area contributed by atoms with E-state index in [1.165, 1.54) is 0 Å². The fraction of sp³-hybridized carbons (Fsp3) is 0.333. The van der Waals surface area contributed by atoms with E-state index in [2.05, 4.69) is 21.2 Å². The SMILES string of the molecule is C/C=C/c1c(Br)cc(NC(=O)C(C)(C)C)c(C#N)c1O. The van der Waals surface area contributed by atoms with Crippen LogP contribution < -0.4 is 5.32 Å². The molecule has 0 radical (unpaired) electrons. The van der Waals surface area contributed by atoms with Gasteiger partial charge in [-0.2, -0.15) is 5.26 Å². The second kappa shape index (κ2) is 6.10. The normalized spacial score (nSPS) is 11.4. The van der Waals surface area contributed by atoms with E-state index in [4.69, 9.17) is 0 Å². The van der Waals surface area contributed by atoms with Crippen molar-refractivity contribution in [1.82, 2.24) is 0 Å². The van der Waals surface area contributed by atoms with E-state index >= 15 is 0 Å². The summed E-state index contributed by atoms with van der Waals surface area (Å²) in [4.78, 5) is 12.0. The number of phenols is 1. The van der Waals surface area contributed by atoms with Gasteiger partial charge in [-0.3, -0.25) is 4.79 Å². The Hall–Kier alpha value is -1.80. The summed E-state index contributed by atoms with van der Waals surface area (Å²) in [6.07, 6.45) is 3.45. The number of carbonyl (C=O) groups is 1. The number of nitriles is 1. The zero-order valence-corrected chi connectivity index (χ0v) is 13.5. The Kier molecular flexibility index (Phi) is 4.96. The Bertz CT molecular complexity index is 608. The molecule has 0 fully saturated rings. The lowest BCUT2D eigenvalue weighted by Crippen LogP contribution is -2.28. The fourth-order valence-corrected chi connectivity index (χ4v) is 2.05. The summed E-state index contributed by atoms with van der Waals surface area (Å²) in [5.74, 6) is -0.372. The molecule has 0 saturated carbocycles. The molecular formula is C15H17BrN2O2. The Morgan fingerprint density at radius 2 is 2.10 bits per heavy atom. The van der Waals surface area contributed by atoms with E-state index in [9.17, 15) is 15.2 Å². The van der Waals surface area contributed by atoms with Crippen molar-refractivity contribution in [2.24, 2.45) is 5.41 Å². The number of benzene rings is 1. The van der Waals surface area contributed by atoms with Gasteiger partial charge in [0.15, 0.2) is 0 Å². The molecule has 0 aliphatic carbocycles. The van der Waals surface area contributed by atoms with Gasteiger partial charge in [0.1, 0.15) is 17.4 Å².